The van der Waals surface area contributed by atoms with E-state index in [9.17, 15) is 10.1 Å². The average Bonchev–Trinajstić information content (AvgIpc) is 1.99. The Morgan fingerprint density at radius 2 is 1.73 bits per heavy atom. The number of nitrogens with zero attached hydrogens (tertiary/aromatic N) is 1. The molecule has 1 aromatic carbocycles. The summed E-state index contributed by atoms with van der Waals surface area (Å²) in [6.45, 7) is 9.74. The van der Waals surface area contributed by atoms with Gasteiger partial charge in [0.25, 0.3) is 5.69 Å². The quantitative estimate of drug-likeness (QED) is 0.522. The Balaban J connectivity index is 3.54. The molecular formula is C12H17NO2. The van der Waals surface area contributed by atoms with Crippen molar-refractivity contribution in [3.8, 4) is 0 Å². The van der Waals surface area contributed by atoms with Gasteiger partial charge < -0.3 is 0 Å². The SMILES string of the molecule is Cc1cc(C)c([N+](=O)[O-])c(C(C)(C)C)c1. The van der Waals surface area contributed by atoms with Crippen LogP contribution in [0.15, 0.2) is 12.1 Å². The van der Waals surface area contributed by atoms with Crippen molar-refractivity contribution in [1.29, 1.82) is 0 Å². The maximum atomic E-state index is 11.0. The van der Waals surface area contributed by atoms with E-state index < -0.39 is 0 Å². The maximum absolute atomic E-state index is 11.0. The van der Waals surface area contributed by atoms with Gasteiger partial charge >= 0.3 is 0 Å². The monoisotopic (exact) mass is 207 g/mol. The molecule has 82 valence electrons. The second-order valence-electron chi connectivity index (χ2n) is 4.99. The lowest BCUT2D eigenvalue weighted by atomic mass is 9.83. The fourth-order valence-corrected chi connectivity index (χ4v) is 1.77. The highest BCUT2D eigenvalue weighted by atomic mass is 16.6. The Bertz CT molecular complexity index is 403. The maximum Gasteiger partial charge on any atom is 0.276 e. The van der Waals surface area contributed by atoms with E-state index in [2.05, 4.69) is 0 Å². The fourth-order valence-electron chi connectivity index (χ4n) is 1.77. The Labute approximate surface area is 90.3 Å². The van der Waals surface area contributed by atoms with Gasteiger partial charge in [-0.3, -0.25) is 10.1 Å². The number of nitro groups is 1. The summed E-state index contributed by atoms with van der Waals surface area (Å²) in [6.07, 6.45) is 0. The standard InChI is InChI=1S/C12H17NO2/c1-8-6-9(2)11(13(14)15)10(7-8)12(3,4)5/h6-7H,1-5H3. The molecule has 3 nitrogen and oxygen atoms in total. The van der Waals surface area contributed by atoms with E-state index in [0.717, 1.165) is 16.7 Å². The third kappa shape index (κ3) is 2.35. The van der Waals surface area contributed by atoms with E-state index in [1.165, 1.54) is 0 Å². The van der Waals surface area contributed by atoms with E-state index in [0.29, 0.717) is 0 Å². The Kier molecular flexibility index (Phi) is 2.84. The summed E-state index contributed by atoms with van der Waals surface area (Å²) in [5.41, 5.74) is 2.69. The van der Waals surface area contributed by atoms with Gasteiger partial charge in [-0.25, -0.2) is 0 Å². The molecule has 0 saturated heterocycles. The van der Waals surface area contributed by atoms with Crippen molar-refractivity contribution in [2.75, 3.05) is 0 Å². The van der Waals surface area contributed by atoms with Crippen molar-refractivity contribution in [3.05, 3.63) is 38.9 Å². The van der Waals surface area contributed by atoms with Crippen molar-refractivity contribution >= 4 is 5.69 Å². The van der Waals surface area contributed by atoms with Gasteiger partial charge in [0.15, 0.2) is 0 Å². The Morgan fingerprint density at radius 1 is 1.20 bits per heavy atom. The van der Waals surface area contributed by atoms with E-state index in [-0.39, 0.29) is 16.0 Å². The number of nitro benzene ring substituents is 1. The molecule has 0 unspecified atom stereocenters. The average molecular weight is 207 g/mol. The molecule has 1 rings (SSSR count). The molecule has 0 saturated carbocycles. The van der Waals surface area contributed by atoms with Crippen LogP contribution in [-0.2, 0) is 5.41 Å². The first-order valence-electron chi connectivity index (χ1n) is 4.99. The van der Waals surface area contributed by atoms with Crippen LogP contribution in [0.25, 0.3) is 0 Å². The van der Waals surface area contributed by atoms with Crippen LogP contribution in [0.1, 0.15) is 37.5 Å². The number of aryl methyl sites for hydroxylation is 2. The number of hydrogen-bond donors (Lipinski definition) is 0. The molecule has 15 heavy (non-hydrogen) atoms. The van der Waals surface area contributed by atoms with Crippen molar-refractivity contribution in [3.63, 3.8) is 0 Å². The summed E-state index contributed by atoms with van der Waals surface area (Å²) >= 11 is 0. The first kappa shape index (κ1) is 11.7. The molecule has 0 spiro atoms. The minimum absolute atomic E-state index is 0.195. The molecule has 0 N–H and O–H groups in total. The van der Waals surface area contributed by atoms with Gasteiger partial charge in [-0.2, -0.15) is 0 Å². The second kappa shape index (κ2) is 3.65. The predicted molar refractivity (Wildman–Crippen MR) is 61.3 cm³/mol. The molecule has 0 aromatic heterocycles. The lowest BCUT2D eigenvalue weighted by Gasteiger charge is -2.20. The molecule has 0 atom stereocenters. The third-order valence-corrected chi connectivity index (χ3v) is 2.44. The molecule has 0 fully saturated rings. The summed E-state index contributed by atoms with van der Waals surface area (Å²) in [5.74, 6) is 0. The molecule has 0 radical (unpaired) electrons. The minimum atomic E-state index is -0.282. The fraction of sp³-hybridized carbons (Fsp3) is 0.500. The minimum Gasteiger partial charge on any atom is -0.258 e. The Hall–Kier alpha value is -1.38. The molecule has 3 heteroatoms. The van der Waals surface area contributed by atoms with Crippen molar-refractivity contribution in [2.24, 2.45) is 0 Å². The highest BCUT2D eigenvalue weighted by Crippen LogP contribution is 2.34. The van der Waals surface area contributed by atoms with Crippen LogP contribution in [0.2, 0.25) is 0 Å². The van der Waals surface area contributed by atoms with E-state index in [4.69, 9.17) is 0 Å². The topological polar surface area (TPSA) is 43.1 Å². The van der Waals surface area contributed by atoms with Crippen LogP contribution in [0.5, 0.6) is 0 Å². The van der Waals surface area contributed by atoms with Crippen molar-refractivity contribution in [1.82, 2.24) is 0 Å². The molecule has 0 aliphatic carbocycles. The van der Waals surface area contributed by atoms with E-state index in [1.807, 2.05) is 39.8 Å². The molecule has 0 bridgehead atoms. The van der Waals surface area contributed by atoms with Gasteiger partial charge in [-0.15, -0.1) is 0 Å². The van der Waals surface area contributed by atoms with Crippen LogP contribution in [0.3, 0.4) is 0 Å². The molecule has 0 amide bonds. The zero-order chi connectivity index (χ0) is 11.8. The van der Waals surface area contributed by atoms with Gasteiger partial charge in [0, 0.05) is 11.1 Å². The van der Waals surface area contributed by atoms with Crippen LogP contribution < -0.4 is 0 Å². The normalized spacial score (nSPS) is 11.5. The molecule has 1 aromatic rings. The largest absolute Gasteiger partial charge is 0.276 e. The summed E-state index contributed by atoms with van der Waals surface area (Å²) in [6, 6.07) is 3.76. The molecular weight excluding hydrogens is 190 g/mol. The number of rotatable bonds is 1. The van der Waals surface area contributed by atoms with Crippen LogP contribution >= 0.6 is 0 Å². The second-order valence-corrected chi connectivity index (χ2v) is 4.99. The first-order chi connectivity index (χ1) is 6.73. The van der Waals surface area contributed by atoms with Gasteiger partial charge in [-0.1, -0.05) is 26.3 Å². The summed E-state index contributed by atoms with van der Waals surface area (Å²) in [7, 11) is 0. The predicted octanol–water partition coefficient (Wildman–Crippen LogP) is 3.51. The zero-order valence-corrected chi connectivity index (χ0v) is 9.92. The number of benzene rings is 1. The summed E-state index contributed by atoms with van der Waals surface area (Å²) in [5, 5.41) is 11.0. The highest BCUT2D eigenvalue weighted by Gasteiger charge is 2.26. The van der Waals surface area contributed by atoms with Gasteiger partial charge in [0.05, 0.1) is 4.92 Å². The molecule has 0 aliphatic heterocycles. The van der Waals surface area contributed by atoms with Crippen molar-refractivity contribution < 1.29 is 4.92 Å². The van der Waals surface area contributed by atoms with E-state index >= 15 is 0 Å². The van der Waals surface area contributed by atoms with E-state index in [1.54, 1.807) is 6.92 Å². The van der Waals surface area contributed by atoms with Gasteiger partial charge in [0.2, 0.25) is 0 Å². The first-order valence-corrected chi connectivity index (χ1v) is 4.99. The summed E-state index contributed by atoms with van der Waals surface area (Å²) in [4.78, 5) is 10.7. The highest BCUT2D eigenvalue weighted by molar-refractivity contribution is 5.52. The van der Waals surface area contributed by atoms with Gasteiger partial charge in [0.1, 0.15) is 0 Å². The lowest BCUT2D eigenvalue weighted by molar-refractivity contribution is -0.386. The van der Waals surface area contributed by atoms with Gasteiger partial charge in [-0.05, 0) is 31.4 Å². The summed E-state index contributed by atoms with van der Waals surface area (Å²) < 4.78 is 0. The van der Waals surface area contributed by atoms with Crippen LogP contribution in [0, 0.1) is 24.0 Å². The van der Waals surface area contributed by atoms with Crippen LogP contribution in [-0.4, -0.2) is 4.92 Å². The van der Waals surface area contributed by atoms with Crippen molar-refractivity contribution in [2.45, 2.75) is 40.0 Å². The third-order valence-electron chi connectivity index (χ3n) is 2.44. The lowest BCUT2D eigenvalue weighted by Crippen LogP contribution is -2.15. The zero-order valence-electron chi connectivity index (χ0n) is 9.92. The molecule has 0 heterocycles. The smallest absolute Gasteiger partial charge is 0.258 e. The Morgan fingerprint density at radius 3 is 2.13 bits per heavy atom. The molecule has 0 aliphatic rings. The van der Waals surface area contributed by atoms with Crippen LogP contribution in [0.4, 0.5) is 5.69 Å². The number of hydrogen-bond acceptors (Lipinski definition) is 2.